The molecule has 0 aromatic carbocycles. The molecule has 106 valence electrons. The van der Waals surface area contributed by atoms with E-state index in [1.165, 1.54) is 0 Å². The molecule has 0 saturated heterocycles. The zero-order chi connectivity index (χ0) is 18.5. The second kappa shape index (κ2) is 7.79. The summed E-state index contributed by atoms with van der Waals surface area (Å²) in [6.07, 6.45) is -2.29. The standard InChI is InChI=1S/C12H24N2O4/c1-5-6-12(4,7-17-10(13)15)8-18-11(16)14-9(2)3/h9H,5-8H2,1-4H3,(H2,13,15)(H,14,16)/i4D3,7D2. The van der Waals surface area contributed by atoms with Gasteiger partial charge in [-0.15, -0.1) is 0 Å². The molecular formula is C12H24N2O4. The molecule has 0 aliphatic carbocycles. The Morgan fingerprint density at radius 1 is 1.50 bits per heavy atom. The molecular weight excluding hydrogens is 236 g/mol. The first-order valence-corrected chi connectivity index (χ1v) is 5.71. The highest BCUT2D eigenvalue weighted by atomic mass is 16.6. The van der Waals surface area contributed by atoms with Crippen LogP contribution in [0.3, 0.4) is 0 Å². The minimum absolute atomic E-state index is 0.210. The summed E-state index contributed by atoms with van der Waals surface area (Å²) in [7, 11) is 0. The zero-order valence-electron chi connectivity index (χ0n) is 15.9. The summed E-state index contributed by atoms with van der Waals surface area (Å²) in [5.41, 5.74) is 2.59. The van der Waals surface area contributed by atoms with Crippen LogP contribution in [-0.2, 0) is 9.47 Å². The topological polar surface area (TPSA) is 90.7 Å². The Bertz CT molecular complexity index is 428. The minimum atomic E-state index is -2.95. The van der Waals surface area contributed by atoms with E-state index in [4.69, 9.17) is 17.3 Å². The highest BCUT2D eigenvalue weighted by molar-refractivity contribution is 5.67. The highest BCUT2D eigenvalue weighted by Gasteiger charge is 2.27. The Labute approximate surface area is 115 Å². The molecule has 0 bridgehead atoms. The van der Waals surface area contributed by atoms with Gasteiger partial charge in [-0.25, -0.2) is 9.59 Å². The van der Waals surface area contributed by atoms with E-state index < -0.39 is 37.6 Å². The summed E-state index contributed by atoms with van der Waals surface area (Å²) in [6.45, 7) is -1.65. The van der Waals surface area contributed by atoms with Crippen LogP contribution in [0.15, 0.2) is 0 Å². The second-order valence-corrected chi connectivity index (χ2v) is 4.23. The Balaban J connectivity index is 5.60. The Hall–Kier alpha value is -1.46. The number of primary amides is 1. The number of carbonyl (C=O) groups excluding carboxylic acids is 2. The number of nitrogens with two attached hydrogens (primary N) is 1. The lowest BCUT2D eigenvalue weighted by atomic mass is 9.87. The number of nitrogens with one attached hydrogen (secondary N) is 1. The van der Waals surface area contributed by atoms with E-state index in [1.54, 1.807) is 20.8 Å². The van der Waals surface area contributed by atoms with E-state index in [2.05, 4.69) is 10.1 Å². The summed E-state index contributed by atoms with van der Waals surface area (Å²) < 4.78 is 48.1. The zero-order valence-corrected chi connectivity index (χ0v) is 10.9. The molecule has 3 N–H and O–H groups in total. The van der Waals surface area contributed by atoms with Crippen molar-refractivity contribution in [1.82, 2.24) is 5.32 Å². The third kappa shape index (κ3) is 7.76. The molecule has 1 unspecified atom stereocenters. The van der Waals surface area contributed by atoms with Crippen LogP contribution in [-0.4, -0.2) is 31.4 Å². The second-order valence-electron chi connectivity index (χ2n) is 4.23. The lowest BCUT2D eigenvalue weighted by molar-refractivity contribution is 0.0333. The van der Waals surface area contributed by atoms with E-state index in [0.29, 0.717) is 0 Å². The average molecular weight is 265 g/mol. The van der Waals surface area contributed by atoms with Crippen LogP contribution in [0.25, 0.3) is 0 Å². The van der Waals surface area contributed by atoms with Crippen molar-refractivity contribution in [3.8, 4) is 0 Å². The van der Waals surface area contributed by atoms with Crippen LogP contribution < -0.4 is 11.1 Å². The molecule has 0 radical (unpaired) electrons. The number of ether oxygens (including phenoxy) is 2. The van der Waals surface area contributed by atoms with Crippen LogP contribution in [0.4, 0.5) is 9.59 Å². The number of alkyl carbamates (subject to hydrolysis) is 1. The van der Waals surface area contributed by atoms with Crippen molar-refractivity contribution in [2.45, 2.75) is 46.5 Å². The van der Waals surface area contributed by atoms with Gasteiger partial charge in [0.25, 0.3) is 0 Å². The first-order valence-electron chi connectivity index (χ1n) is 8.21. The molecule has 2 amide bonds. The van der Waals surface area contributed by atoms with Gasteiger partial charge in [0, 0.05) is 15.6 Å². The van der Waals surface area contributed by atoms with Gasteiger partial charge in [0.2, 0.25) is 0 Å². The van der Waals surface area contributed by atoms with E-state index in [0.717, 1.165) is 0 Å². The van der Waals surface area contributed by atoms with Gasteiger partial charge in [-0.05, 0) is 20.3 Å². The number of hydrogen-bond acceptors (Lipinski definition) is 4. The third-order valence-electron chi connectivity index (χ3n) is 1.88. The van der Waals surface area contributed by atoms with E-state index in [1.807, 2.05) is 0 Å². The number of hydrogen-bond donors (Lipinski definition) is 2. The predicted molar refractivity (Wildman–Crippen MR) is 68.2 cm³/mol. The van der Waals surface area contributed by atoms with Gasteiger partial charge in [0.1, 0.15) is 13.2 Å². The van der Waals surface area contributed by atoms with Gasteiger partial charge in [0.05, 0.1) is 2.74 Å². The summed E-state index contributed by atoms with van der Waals surface area (Å²) in [5, 5.41) is 2.40. The summed E-state index contributed by atoms with van der Waals surface area (Å²) in [5.74, 6) is 0. The van der Waals surface area contributed by atoms with Gasteiger partial charge >= 0.3 is 12.2 Å². The van der Waals surface area contributed by atoms with Crippen molar-refractivity contribution in [3.05, 3.63) is 0 Å². The van der Waals surface area contributed by atoms with Crippen LogP contribution in [0.5, 0.6) is 0 Å². The van der Waals surface area contributed by atoms with Gasteiger partial charge in [0.15, 0.2) is 0 Å². The fourth-order valence-electron chi connectivity index (χ4n) is 1.19. The Morgan fingerprint density at radius 3 is 2.61 bits per heavy atom. The monoisotopic (exact) mass is 265 g/mol. The van der Waals surface area contributed by atoms with Crippen molar-refractivity contribution in [2.24, 2.45) is 11.1 Å². The fraction of sp³-hybridized carbons (Fsp3) is 0.833. The molecule has 0 aromatic rings. The summed E-state index contributed by atoms with van der Waals surface area (Å²) >= 11 is 0. The lowest BCUT2D eigenvalue weighted by Crippen LogP contribution is -2.37. The molecule has 1 atom stereocenters. The first-order chi connectivity index (χ1) is 10.3. The molecule has 6 nitrogen and oxygen atoms in total. The predicted octanol–water partition coefficient (Wildman–Crippen LogP) is 2.02. The van der Waals surface area contributed by atoms with Gasteiger partial charge in [-0.3, -0.25) is 0 Å². The minimum Gasteiger partial charge on any atom is -0.449 e. The SMILES string of the molecule is [2H]C([2H])([2H])C(CCC)(COC(=O)NC(C)C)C([2H])([2H])OC(N)=O. The van der Waals surface area contributed by atoms with Crippen LogP contribution in [0.1, 0.15) is 47.3 Å². The van der Waals surface area contributed by atoms with Crippen LogP contribution in [0, 0.1) is 5.41 Å². The molecule has 0 saturated carbocycles. The van der Waals surface area contributed by atoms with Crippen molar-refractivity contribution in [2.75, 3.05) is 13.2 Å². The molecule has 0 fully saturated rings. The average Bonchev–Trinajstić information content (AvgIpc) is 2.29. The quantitative estimate of drug-likeness (QED) is 0.736. The fourth-order valence-corrected chi connectivity index (χ4v) is 1.19. The molecule has 0 spiro atoms. The largest absolute Gasteiger partial charge is 0.449 e. The first kappa shape index (κ1) is 9.47. The maximum atomic E-state index is 11.6. The van der Waals surface area contributed by atoms with Crippen LogP contribution >= 0.6 is 0 Å². The molecule has 0 aliphatic heterocycles. The molecule has 0 aliphatic rings. The smallest absolute Gasteiger partial charge is 0.407 e. The van der Waals surface area contributed by atoms with Crippen molar-refractivity contribution >= 4 is 12.2 Å². The molecule has 0 aromatic heterocycles. The lowest BCUT2D eigenvalue weighted by Gasteiger charge is -2.27. The summed E-state index contributed by atoms with van der Waals surface area (Å²) in [4.78, 5) is 22.5. The Kier molecular flexibility index (Phi) is 4.10. The number of rotatable bonds is 7. The van der Waals surface area contributed by atoms with Gasteiger partial charge in [-0.2, -0.15) is 0 Å². The molecule has 6 heteroatoms. The number of carbonyl (C=O) groups is 2. The Morgan fingerprint density at radius 2 is 2.17 bits per heavy atom. The summed E-state index contributed by atoms with van der Waals surface area (Å²) in [6, 6.07) is -0.241. The van der Waals surface area contributed by atoms with Crippen molar-refractivity contribution in [3.63, 3.8) is 0 Å². The molecule has 0 heterocycles. The number of amides is 2. The van der Waals surface area contributed by atoms with E-state index in [-0.39, 0.29) is 18.9 Å². The van der Waals surface area contributed by atoms with Crippen molar-refractivity contribution in [1.29, 1.82) is 0 Å². The van der Waals surface area contributed by atoms with Crippen molar-refractivity contribution < 1.29 is 25.9 Å². The van der Waals surface area contributed by atoms with Gasteiger partial charge in [-0.1, -0.05) is 20.2 Å². The van der Waals surface area contributed by atoms with E-state index >= 15 is 0 Å². The normalized spacial score (nSPS) is 19.4. The maximum Gasteiger partial charge on any atom is 0.407 e. The molecule has 0 rings (SSSR count). The van der Waals surface area contributed by atoms with Crippen LogP contribution in [0.2, 0.25) is 0 Å². The highest BCUT2D eigenvalue weighted by Crippen LogP contribution is 2.24. The molecule has 18 heavy (non-hydrogen) atoms. The maximum absolute atomic E-state index is 11.6. The van der Waals surface area contributed by atoms with Gasteiger partial charge < -0.3 is 20.5 Å². The van der Waals surface area contributed by atoms with E-state index in [9.17, 15) is 9.59 Å². The third-order valence-corrected chi connectivity index (χ3v) is 1.88.